The Morgan fingerprint density at radius 3 is 2.57 bits per heavy atom. The second-order valence-electron chi connectivity index (χ2n) is 7.37. The minimum atomic E-state index is -0.581. The van der Waals surface area contributed by atoms with Crippen molar-refractivity contribution in [3.05, 3.63) is 53.3 Å². The highest BCUT2D eigenvalue weighted by Crippen LogP contribution is 2.32. The zero-order chi connectivity index (χ0) is 20.8. The summed E-state index contributed by atoms with van der Waals surface area (Å²) in [4.78, 5) is 35.6. The van der Waals surface area contributed by atoms with Crippen molar-refractivity contribution in [3.63, 3.8) is 0 Å². The van der Waals surface area contributed by atoms with Gasteiger partial charge in [-0.05, 0) is 30.3 Å². The van der Waals surface area contributed by atoms with Crippen molar-refractivity contribution < 1.29 is 14.0 Å². The fraction of sp³-hybridized carbons (Fsp3) is 0.286. The summed E-state index contributed by atoms with van der Waals surface area (Å²) < 4.78 is 14.6. The first kappa shape index (κ1) is 19.4. The van der Waals surface area contributed by atoms with E-state index < -0.39 is 11.9 Å². The summed E-state index contributed by atoms with van der Waals surface area (Å²) in [5, 5.41) is 0.869. The highest BCUT2D eigenvalue weighted by Gasteiger charge is 2.43. The van der Waals surface area contributed by atoms with Crippen LogP contribution in [0.4, 0.5) is 15.2 Å². The third-order valence-electron chi connectivity index (χ3n) is 5.59. The molecule has 2 saturated heterocycles. The van der Waals surface area contributed by atoms with Gasteiger partial charge in [-0.2, -0.15) is 0 Å². The van der Waals surface area contributed by atoms with Gasteiger partial charge < -0.3 is 4.90 Å². The second-order valence-corrected chi connectivity index (χ2v) is 8.79. The number of anilines is 2. The number of nitrogens with zero attached hydrogens (tertiary/aromatic N) is 4. The molecule has 5 rings (SSSR count). The molecule has 0 aliphatic carbocycles. The number of carbonyl (C=O) groups excluding carboxylic acids is 2. The van der Waals surface area contributed by atoms with Crippen LogP contribution in [0.2, 0.25) is 5.02 Å². The molecule has 3 aromatic rings. The molecule has 0 spiro atoms. The molecule has 0 radical (unpaired) electrons. The number of rotatable bonds is 3. The molecule has 0 N–H and O–H groups in total. The van der Waals surface area contributed by atoms with Gasteiger partial charge in [0, 0.05) is 26.2 Å². The van der Waals surface area contributed by atoms with E-state index in [0.717, 1.165) is 33.3 Å². The molecule has 2 aliphatic rings. The summed E-state index contributed by atoms with van der Waals surface area (Å²) in [6, 6.07) is 11.4. The molecule has 154 valence electrons. The molecule has 2 aliphatic heterocycles. The number of thiazole rings is 1. The third-order valence-corrected chi connectivity index (χ3v) is 6.98. The van der Waals surface area contributed by atoms with Crippen LogP contribution in [0.15, 0.2) is 42.5 Å². The molecule has 2 amide bonds. The summed E-state index contributed by atoms with van der Waals surface area (Å²) in [6.07, 6.45) is 0.120. The number of amides is 2. The van der Waals surface area contributed by atoms with Crippen LogP contribution < -0.4 is 9.80 Å². The lowest BCUT2D eigenvalue weighted by Crippen LogP contribution is -2.52. The Morgan fingerprint density at radius 2 is 1.83 bits per heavy atom. The highest BCUT2D eigenvalue weighted by atomic mass is 35.5. The van der Waals surface area contributed by atoms with Crippen molar-refractivity contribution >= 4 is 55.8 Å². The van der Waals surface area contributed by atoms with E-state index in [-0.39, 0.29) is 23.3 Å². The first-order chi connectivity index (χ1) is 14.5. The minimum absolute atomic E-state index is 0.110. The molecule has 1 atom stereocenters. The van der Waals surface area contributed by atoms with E-state index in [9.17, 15) is 14.0 Å². The number of para-hydroxylation sites is 1. The number of imide groups is 1. The predicted molar refractivity (Wildman–Crippen MR) is 116 cm³/mol. The first-order valence-corrected chi connectivity index (χ1v) is 10.9. The SMILES string of the molecule is O=C1C[C@@H](N2CCN(c3nc4ccccc4s3)CC2)C(=O)N1c1ccc(F)c(Cl)c1. The Bertz CT molecular complexity index is 1110. The van der Waals surface area contributed by atoms with Crippen LogP contribution in [0, 0.1) is 5.82 Å². The number of hydrogen-bond donors (Lipinski definition) is 0. The Hall–Kier alpha value is -2.55. The Balaban J connectivity index is 1.28. The molecule has 30 heavy (non-hydrogen) atoms. The molecule has 0 bridgehead atoms. The topological polar surface area (TPSA) is 56.8 Å². The lowest BCUT2D eigenvalue weighted by atomic mass is 10.2. The number of carbonyl (C=O) groups is 2. The standard InChI is InChI=1S/C21H18ClFN4O2S/c22-14-11-13(5-6-15(14)23)27-19(28)12-17(20(27)29)25-7-9-26(10-8-25)21-24-16-3-1-2-4-18(16)30-21/h1-6,11,17H,7-10,12H2/t17-/m1/s1. The maximum Gasteiger partial charge on any atom is 0.251 e. The van der Waals surface area contributed by atoms with E-state index in [4.69, 9.17) is 16.6 Å². The van der Waals surface area contributed by atoms with Gasteiger partial charge in [0.2, 0.25) is 5.91 Å². The van der Waals surface area contributed by atoms with Gasteiger partial charge in [0.25, 0.3) is 5.91 Å². The first-order valence-electron chi connectivity index (χ1n) is 9.68. The van der Waals surface area contributed by atoms with Crippen LogP contribution in [0.3, 0.4) is 0 Å². The predicted octanol–water partition coefficient (Wildman–Crippen LogP) is 3.54. The van der Waals surface area contributed by atoms with Crippen molar-refractivity contribution in [2.75, 3.05) is 36.0 Å². The van der Waals surface area contributed by atoms with E-state index in [1.165, 1.54) is 18.2 Å². The van der Waals surface area contributed by atoms with E-state index in [0.29, 0.717) is 18.8 Å². The minimum Gasteiger partial charge on any atom is -0.345 e. The van der Waals surface area contributed by atoms with Gasteiger partial charge in [-0.15, -0.1) is 0 Å². The molecule has 0 unspecified atom stereocenters. The summed E-state index contributed by atoms with van der Waals surface area (Å²) in [7, 11) is 0. The lowest BCUT2D eigenvalue weighted by molar-refractivity contribution is -0.123. The molecule has 2 aromatic carbocycles. The van der Waals surface area contributed by atoms with Crippen molar-refractivity contribution in [1.29, 1.82) is 0 Å². The quantitative estimate of drug-likeness (QED) is 0.578. The van der Waals surface area contributed by atoms with E-state index in [1.807, 2.05) is 18.2 Å². The van der Waals surface area contributed by atoms with Crippen molar-refractivity contribution in [2.45, 2.75) is 12.5 Å². The van der Waals surface area contributed by atoms with Gasteiger partial charge in [-0.25, -0.2) is 14.3 Å². The van der Waals surface area contributed by atoms with Gasteiger partial charge in [-0.3, -0.25) is 14.5 Å². The Labute approximate surface area is 181 Å². The van der Waals surface area contributed by atoms with Gasteiger partial charge in [-0.1, -0.05) is 35.1 Å². The van der Waals surface area contributed by atoms with Gasteiger partial charge in [0.15, 0.2) is 5.13 Å². The van der Waals surface area contributed by atoms with Gasteiger partial charge in [0.05, 0.1) is 33.4 Å². The van der Waals surface area contributed by atoms with Crippen LogP contribution >= 0.6 is 22.9 Å². The zero-order valence-corrected chi connectivity index (χ0v) is 17.5. The maximum absolute atomic E-state index is 13.5. The molecule has 9 heteroatoms. The number of benzene rings is 2. The summed E-state index contributed by atoms with van der Waals surface area (Å²) in [5.41, 5.74) is 1.30. The van der Waals surface area contributed by atoms with Crippen molar-refractivity contribution in [3.8, 4) is 0 Å². The molecular weight excluding hydrogens is 427 g/mol. The lowest BCUT2D eigenvalue weighted by Gasteiger charge is -2.36. The van der Waals surface area contributed by atoms with Crippen molar-refractivity contribution in [1.82, 2.24) is 9.88 Å². The number of aromatic nitrogens is 1. The van der Waals surface area contributed by atoms with Gasteiger partial charge in [0.1, 0.15) is 5.82 Å². The molecular formula is C21H18ClFN4O2S. The molecule has 3 heterocycles. The van der Waals surface area contributed by atoms with Crippen LogP contribution in [-0.4, -0.2) is 53.9 Å². The monoisotopic (exact) mass is 444 g/mol. The molecule has 1 aromatic heterocycles. The van der Waals surface area contributed by atoms with Crippen LogP contribution in [-0.2, 0) is 9.59 Å². The average molecular weight is 445 g/mol. The van der Waals surface area contributed by atoms with Gasteiger partial charge >= 0.3 is 0 Å². The van der Waals surface area contributed by atoms with E-state index >= 15 is 0 Å². The number of piperazine rings is 1. The second kappa shape index (κ2) is 7.61. The summed E-state index contributed by atoms with van der Waals surface area (Å²) in [5.74, 6) is -1.15. The maximum atomic E-state index is 13.5. The molecule has 0 saturated carbocycles. The fourth-order valence-corrected chi connectivity index (χ4v) is 5.21. The largest absolute Gasteiger partial charge is 0.345 e. The number of halogens is 2. The number of fused-ring (bicyclic) bond motifs is 1. The third kappa shape index (κ3) is 3.34. The zero-order valence-electron chi connectivity index (χ0n) is 15.9. The van der Waals surface area contributed by atoms with Crippen molar-refractivity contribution in [2.24, 2.45) is 0 Å². The fourth-order valence-electron chi connectivity index (χ4n) is 4.02. The van der Waals surface area contributed by atoms with Crippen LogP contribution in [0.25, 0.3) is 10.2 Å². The normalized spacial score (nSPS) is 20.5. The van der Waals surface area contributed by atoms with Crippen LogP contribution in [0.1, 0.15) is 6.42 Å². The highest BCUT2D eigenvalue weighted by molar-refractivity contribution is 7.22. The average Bonchev–Trinajstić information content (AvgIpc) is 3.31. The molecule has 6 nitrogen and oxygen atoms in total. The van der Waals surface area contributed by atoms with E-state index in [2.05, 4.69) is 15.9 Å². The number of hydrogen-bond acceptors (Lipinski definition) is 6. The Morgan fingerprint density at radius 1 is 1.07 bits per heavy atom. The molecule has 2 fully saturated rings. The summed E-state index contributed by atoms with van der Waals surface area (Å²) in [6.45, 7) is 2.80. The van der Waals surface area contributed by atoms with Crippen LogP contribution in [0.5, 0.6) is 0 Å². The Kier molecular flexibility index (Phi) is 4.92. The smallest absolute Gasteiger partial charge is 0.251 e. The van der Waals surface area contributed by atoms with E-state index in [1.54, 1.807) is 11.3 Å². The summed E-state index contributed by atoms with van der Waals surface area (Å²) >= 11 is 7.49.